The van der Waals surface area contributed by atoms with E-state index < -0.39 is 0 Å². The Kier molecular flexibility index (Phi) is 3.52. The van der Waals surface area contributed by atoms with Crippen molar-refractivity contribution in [2.75, 3.05) is 0 Å². The molecule has 0 amide bonds. The molecule has 5 nitrogen and oxygen atoms in total. The van der Waals surface area contributed by atoms with Crippen molar-refractivity contribution < 1.29 is 4.92 Å². The minimum Gasteiger partial charge on any atom is -0.350 e. The lowest BCUT2D eigenvalue weighted by Crippen LogP contribution is -2.14. The van der Waals surface area contributed by atoms with Crippen molar-refractivity contribution in [1.29, 1.82) is 0 Å². The van der Waals surface area contributed by atoms with E-state index in [9.17, 15) is 10.1 Å². The Balaban J connectivity index is 1.64. The summed E-state index contributed by atoms with van der Waals surface area (Å²) < 4.78 is 2.06. The van der Waals surface area contributed by atoms with Crippen LogP contribution < -0.4 is 5.32 Å². The second-order valence-electron chi connectivity index (χ2n) is 5.27. The van der Waals surface area contributed by atoms with Crippen LogP contribution in [0.3, 0.4) is 0 Å². The molecule has 1 saturated carbocycles. The van der Waals surface area contributed by atoms with Crippen LogP contribution in [0.2, 0.25) is 0 Å². The fourth-order valence-electron chi connectivity index (χ4n) is 2.22. The molecule has 1 heterocycles. The zero-order valence-corrected chi connectivity index (χ0v) is 11.2. The van der Waals surface area contributed by atoms with Gasteiger partial charge in [-0.25, -0.2) is 0 Å². The number of benzene rings is 1. The van der Waals surface area contributed by atoms with E-state index in [2.05, 4.69) is 22.1 Å². The molecule has 3 rings (SSSR count). The quantitative estimate of drug-likeness (QED) is 0.649. The maximum atomic E-state index is 10.8. The fourth-order valence-corrected chi connectivity index (χ4v) is 2.22. The highest BCUT2D eigenvalue weighted by Crippen LogP contribution is 2.19. The van der Waals surface area contributed by atoms with Gasteiger partial charge in [-0.15, -0.1) is 0 Å². The number of aromatic nitrogens is 1. The molecule has 20 heavy (non-hydrogen) atoms. The molecule has 5 heteroatoms. The lowest BCUT2D eigenvalue weighted by molar-refractivity contribution is -0.384. The van der Waals surface area contributed by atoms with Crippen molar-refractivity contribution in [1.82, 2.24) is 9.88 Å². The van der Waals surface area contributed by atoms with Gasteiger partial charge in [0.25, 0.3) is 5.69 Å². The molecule has 1 aliphatic carbocycles. The van der Waals surface area contributed by atoms with Crippen molar-refractivity contribution >= 4 is 5.69 Å². The summed E-state index contributed by atoms with van der Waals surface area (Å²) >= 11 is 0. The molecule has 0 bridgehead atoms. The van der Waals surface area contributed by atoms with E-state index in [0.29, 0.717) is 12.6 Å². The highest BCUT2D eigenvalue weighted by atomic mass is 16.6. The third-order valence-corrected chi connectivity index (χ3v) is 3.47. The second kappa shape index (κ2) is 5.46. The Labute approximate surface area is 117 Å². The highest BCUT2D eigenvalue weighted by molar-refractivity contribution is 5.34. The van der Waals surface area contributed by atoms with Gasteiger partial charge >= 0.3 is 0 Å². The molecule has 1 fully saturated rings. The molecule has 104 valence electrons. The lowest BCUT2D eigenvalue weighted by Gasteiger charge is -2.03. The number of nitrogens with one attached hydrogen (secondary N) is 1. The van der Waals surface area contributed by atoms with Crippen LogP contribution in [0.1, 0.15) is 24.0 Å². The number of non-ortho nitro benzene ring substituents is 1. The number of rotatable bonds is 6. The highest BCUT2D eigenvalue weighted by Gasteiger charge is 2.19. The summed E-state index contributed by atoms with van der Waals surface area (Å²) in [5.41, 5.74) is 2.34. The molecule has 1 N–H and O–H groups in total. The van der Waals surface area contributed by atoms with Crippen molar-refractivity contribution in [3.63, 3.8) is 0 Å². The summed E-state index contributed by atoms with van der Waals surface area (Å²) in [6.07, 6.45) is 6.68. The van der Waals surface area contributed by atoms with Gasteiger partial charge in [0.15, 0.2) is 0 Å². The van der Waals surface area contributed by atoms with Crippen LogP contribution in [0, 0.1) is 10.1 Å². The van der Waals surface area contributed by atoms with E-state index in [0.717, 1.165) is 12.1 Å². The van der Waals surface area contributed by atoms with Gasteiger partial charge < -0.3 is 9.88 Å². The smallest absolute Gasteiger partial charge is 0.269 e. The Hall–Kier alpha value is -2.14. The predicted octanol–water partition coefficient (Wildman–Crippen LogP) is 2.70. The molecule has 1 aromatic heterocycles. The molecule has 0 atom stereocenters. The fraction of sp³-hybridized carbons (Fsp3) is 0.333. The summed E-state index contributed by atoms with van der Waals surface area (Å²) in [4.78, 5) is 10.4. The number of nitrogens with zero attached hydrogens (tertiary/aromatic N) is 2. The molecular formula is C15H17N3O2. The first-order chi connectivity index (χ1) is 9.70. The third kappa shape index (κ3) is 3.24. The first-order valence-electron chi connectivity index (χ1n) is 6.82. The van der Waals surface area contributed by atoms with Gasteiger partial charge in [-0.05, 0) is 30.0 Å². The van der Waals surface area contributed by atoms with Crippen LogP contribution in [0.15, 0.2) is 42.7 Å². The first-order valence-corrected chi connectivity index (χ1v) is 6.82. The zero-order chi connectivity index (χ0) is 13.9. The van der Waals surface area contributed by atoms with Crippen molar-refractivity contribution in [3.8, 4) is 0 Å². The summed E-state index contributed by atoms with van der Waals surface area (Å²) in [5, 5.41) is 14.2. The van der Waals surface area contributed by atoms with E-state index in [1.54, 1.807) is 12.1 Å². The van der Waals surface area contributed by atoms with E-state index >= 15 is 0 Å². The van der Waals surface area contributed by atoms with Gasteiger partial charge in [0.2, 0.25) is 0 Å². The van der Waals surface area contributed by atoms with Crippen LogP contribution in [0.4, 0.5) is 5.69 Å². The Bertz CT molecular complexity index is 617. The molecule has 0 aliphatic heterocycles. The maximum absolute atomic E-state index is 10.8. The largest absolute Gasteiger partial charge is 0.350 e. The van der Waals surface area contributed by atoms with Crippen LogP contribution in [-0.2, 0) is 13.1 Å². The van der Waals surface area contributed by atoms with Crippen molar-refractivity contribution in [2.45, 2.75) is 32.0 Å². The number of nitro benzene ring substituents is 1. The molecule has 2 aromatic rings. The van der Waals surface area contributed by atoms with Gasteiger partial charge in [-0.1, -0.05) is 12.1 Å². The molecule has 0 saturated heterocycles. The standard InChI is InChI=1S/C15H17N3O2/c19-18(20)15-3-1-2-12(8-15)10-17-7-6-13(11-17)9-16-14-4-5-14/h1-3,6-8,11,14,16H,4-5,9-10H2. The van der Waals surface area contributed by atoms with Gasteiger partial charge in [-0.3, -0.25) is 10.1 Å². The van der Waals surface area contributed by atoms with Crippen LogP contribution in [0.5, 0.6) is 0 Å². The van der Waals surface area contributed by atoms with Gasteiger partial charge in [0.05, 0.1) is 4.92 Å². The second-order valence-corrected chi connectivity index (χ2v) is 5.27. The zero-order valence-electron chi connectivity index (χ0n) is 11.2. The Morgan fingerprint density at radius 3 is 2.90 bits per heavy atom. The molecule has 1 aromatic carbocycles. The number of nitro groups is 1. The average molecular weight is 271 g/mol. The summed E-state index contributed by atoms with van der Waals surface area (Å²) in [6, 6.07) is 9.58. The molecule has 1 aliphatic rings. The van der Waals surface area contributed by atoms with E-state index in [1.165, 1.54) is 24.5 Å². The Morgan fingerprint density at radius 1 is 1.30 bits per heavy atom. The number of hydrogen-bond donors (Lipinski definition) is 1. The van der Waals surface area contributed by atoms with Gasteiger partial charge in [0.1, 0.15) is 0 Å². The van der Waals surface area contributed by atoms with Gasteiger partial charge in [0, 0.05) is 43.7 Å². The van der Waals surface area contributed by atoms with E-state index in [-0.39, 0.29) is 10.6 Å². The average Bonchev–Trinajstić information content (AvgIpc) is 3.17. The van der Waals surface area contributed by atoms with Gasteiger partial charge in [-0.2, -0.15) is 0 Å². The van der Waals surface area contributed by atoms with Crippen molar-refractivity contribution in [2.24, 2.45) is 0 Å². The van der Waals surface area contributed by atoms with E-state index in [4.69, 9.17) is 0 Å². The van der Waals surface area contributed by atoms with Crippen LogP contribution in [0.25, 0.3) is 0 Å². The SMILES string of the molecule is O=[N+]([O-])c1cccc(Cn2ccc(CNC3CC3)c2)c1. The first kappa shape index (κ1) is 12.9. The van der Waals surface area contributed by atoms with Crippen molar-refractivity contribution in [3.05, 3.63) is 64.0 Å². The molecule has 0 radical (unpaired) electrons. The summed E-state index contributed by atoms with van der Waals surface area (Å²) in [6.45, 7) is 1.55. The monoisotopic (exact) mass is 271 g/mol. The molecular weight excluding hydrogens is 254 g/mol. The maximum Gasteiger partial charge on any atom is 0.269 e. The molecule has 0 unspecified atom stereocenters. The van der Waals surface area contributed by atoms with Crippen LogP contribution in [-0.4, -0.2) is 15.5 Å². The molecule has 0 spiro atoms. The van der Waals surface area contributed by atoms with Crippen LogP contribution >= 0.6 is 0 Å². The van der Waals surface area contributed by atoms with E-state index in [1.807, 2.05) is 12.3 Å². The Morgan fingerprint density at radius 2 is 2.15 bits per heavy atom. The minimum atomic E-state index is -0.357. The summed E-state index contributed by atoms with van der Waals surface area (Å²) in [5.74, 6) is 0. The number of hydrogen-bond acceptors (Lipinski definition) is 3. The predicted molar refractivity (Wildman–Crippen MR) is 76.5 cm³/mol. The lowest BCUT2D eigenvalue weighted by atomic mass is 10.2. The summed E-state index contributed by atoms with van der Waals surface area (Å²) in [7, 11) is 0. The normalized spacial score (nSPS) is 14.4. The third-order valence-electron chi connectivity index (χ3n) is 3.47. The topological polar surface area (TPSA) is 60.1 Å². The minimum absolute atomic E-state index is 0.144.